The Morgan fingerprint density at radius 3 is 2.90 bits per heavy atom. The van der Waals surface area contributed by atoms with Crippen LogP contribution in [0, 0.1) is 0 Å². The van der Waals surface area contributed by atoms with E-state index in [1.165, 1.54) is 0 Å². The second-order valence-electron chi connectivity index (χ2n) is 5.40. The summed E-state index contributed by atoms with van der Waals surface area (Å²) < 4.78 is 11.3. The van der Waals surface area contributed by atoms with Gasteiger partial charge >= 0.3 is 6.03 Å². The molecule has 0 unspecified atom stereocenters. The van der Waals surface area contributed by atoms with Gasteiger partial charge in [-0.1, -0.05) is 6.92 Å². The van der Waals surface area contributed by atoms with Crippen LogP contribution in [0.2, 0.25) is 0 Å². The fraction of sp³-hybridized carbons (Fsp3) is 0.846. The van der Waals surface area contributed by atoms with Gasteiger partial charge in [-0.15, -0.1) is 0 Å². The summed E-state index contributed by atoms with van der Waals surface area (Å²) >= 11 is 0. The Labute approximate surface area is 122 Å². The topological polar surface area (TPSA) is 69.7 Å². The Morgan fingerprint density at radius 1 is 1.45 bits per heavy atom. The van der Waals surface area contributed by atoms with Crippen molar-refractivity contribution in [3.05, 3.63) is 0 Å². The van der Waals surface area contributed by atoms with Crippen molar-refractivity contribution in [2.75, 3.05) is 37.7 Å². The van der Waals surface area contributed by atoms with E-state index in [-0.39, 0.29) is 24.5 Å². The predicted octanol–water partition coefficient (Wildman–Crippen LogP) is 0.161. The van der Waals surface area contributed by atoms with Crippen molar-refractivity contribution < 1.29 is 13.8 Å². The van der Waals surface area contributed by atoms with Crippen LogP contribution in [0.3, 0.4) is 0 Å². The zero-order valence-corrected chi connectivity index (χ0v) is 12.8. The summed E-state index contributed by atoms with van der Waals surface area (Å²) in [5, 5.41) is 2.90. The van der Waals surface area contributed by atoms with Crippen LogP contribution in [0.4, 0.5) is 4.79 Å². The van der Waals surface area contributed by atoms with Gasteiger partial charge < -0.3 is 15.1 Å². The predicted molar refractivity (Wildman–Crippen MR) is 77.9 cm³/mol. The second kappa shape index (κ2) is 7.06. The van der Waals surface area contributed by atoms with Gasteiger partial charge in [0.2, 0.25) is 5.91 Å². The zero-order chi connectivity index (χ0) is 14.5. The average Bonchev–Trinajstić information content (AvgIpc) is 2.71. The van der Waals surface area contributed by atoms with E-state index in [2.05, 4.69) is 5.32 Å². The molecular formula is C13H23N3O3S. The summed E-state index contributed by atoms with van der Waals surface area (Å²) in [6, 6.07) is -0.200. The Hall–Kier alpha value is -1.11. The van der Waals surface area contributed by atoms with Crippen molar-refractivity contribution in [1.29, 1.82) is 0 Å². The lowest BCUT2D eigenvalue weighted by Crippen LogP contribution is -2.47. The molecule has 2 rings (SSSR count). The fourth-order valence-electron chi connectivity index (χ4n) is 2.64. The molecule has 2 saturated heterocycles. The number of hydrogen-bond acceptors (Lipinski definition) is 3. The van der Waals surface area contributed by atoms with Crippen LogP contribution in [-0.2, 0) is 15.6 Å². The number of nitrogens with zero attached hydrogens (tertiary/aromatic N) is 2. The molecule has 2 fully saturated rings. The van der Waals surface area contributed by atoms with E-state index in [0.29, 0.717) is 18.1 Å². The molecule has 2 aliphatic rings. The molecule has 0 aliphatic carbocycles. The molecule has 3 amide bonds. The summed E-state index contributed by atoms with van der Waals surface area (Å²) in [6.07, 6.45) is 2.52. The van der Waals surface area contributed by atoms with E-state index >= 15 is 0 Å². The molecule has 2 aliphatic heterocycles. The zero-order valence-electron chi connectivity index (χ0n) is 12.0. The number of amides is 3. The molecule has 114 valence electrons. The molecule has 0 spiro atoms. The Balaban J connectivity index is 1.87. The van der Waals surface area contributed by atoms with E-state index in [0.717, 1.165) is 32.4 Å². The molecular weight excluding hydrogens is 278 g/mol. The highest BCUT2D eigenvalue weighted by Crippen LogP contribution is 2.10. The lowest BCUT2D eigenvalue weighted by atomic mass is 10.3. The second-order valence-corrected chi connectivity index (χ2v) is 7.02. The lowest BCUT2D eigenvalue weighted by Gasteiger charge is -2.23. The highest BCUT2D eigenvalue weighted by atomic mass is 32.2. The maximum absolute atomic E-state index is 12.2. The van der Waals surface area contributed by atoms with Crippen LogP contribution in [-0.4, -0.2) is 69.7 Å². The van der Waals surface area contributed by atoms with Crippen LogP contribution in [0.25, 0.3) is 0 Å². The third-order valence-electron chi connectivity index (χ3n) is 3.72. The smallest absolute Gasteiger partial charge is 0.318 e. The van der Waals surface area contributed by atoms with Gasteiger partial charge in [-0.25, -0.2) is 4.79 Å². The van der Waals surface area contributed by atoms with Crippen LogP contribution >= 0.6 is 0 Å². The molecule has 2 atom stereocenters. The first kappa shape index (κ1) is 15.3. The summed E-state index contributed by atoms with van der Waals surface area (Å²) in [7, 11) is -0.802. The third-order valence-corrected chi connectivity index (χ3v) is 5.19. The van der Waals surface area contributed by atoms with Crippen molar-refractivity contribution in [1.82, 2.24) is 15.1 Å². The molecule has 0 radical (unpaired) electrons. The standard InChI is InChI=1S/C13H23N3O3S/c1-2-5-15-6-3-7-16(9-12(15)17)13(18)14-11-4-8-20(19)10-11/h11H,2-10H2,1H3,(H,14,18)/t11-,20+/m0/s1. The Morgan fingerprint density at radius 2 is 2.25 bits per heavy atom. The Bertz CT molecular complexity index is 402. The molecule has 1 N–H and O–H groups in total. The molecule has 7 heteroatoms. The van der Waals surface area contributed by atoms with Gasteiger partial charge in [0.15, 0.2) is 0 Å². The van der Waals surface area contributed by atoms with Crippen molar-refractivity contribution in [3.8, 4) is 0 Å². The molecule has 0 aromatic rings. The highest BCUT2D eigenvalue weighted by Gasteiger charge is 2.28. The van der Waals surface area contributed by atoms with Crippen molar-refractivity contribution in [2.24, 2.45) is 0 Å². The summed E-state index contributed by atoms with van der Waals surface area (Å²) in [6.45, 7) is 4.29. The van der Waals surface area contributed by atoms with Crippen molar-refractivity contribution >= 4 is 22.7 Å². The quantitative estimate of drug-likeness (QED) is 0.807. The van der Waals surface area contributed by atoms with Crippen LogP contribution < -0.4 is 5.32 Å². The minimum Gasteiger partial charge on any atom is -0.341 e. The van der Waals surface area contributed by atoms with E-state index in [9.17, 15) is 13.8 Å². The first-order valence-electron chi connectivity index (χ1n) is 7.28. The summed E-state index contributed by atoms with van der Waals surface area (Å²) in [5.41, 5.74) is 0. The SMILES string of the molecule is CCCN1CCCN(C(=O)N[C@H]2CC[S@@](=O)C2)CC1=O. The minimum absolute atomic E-state index is 0.00608. The van der Waals surface area contributed by atoms with E-state index in [1.54, 1.807) is 4.90 Å². The summed E-state index contributed by atoms with van der Waals surface area (Å²) in [5.74, 6) is 1.22. The van der Waals surface area contributed by atoms with Gasteiger partial charge in [-0.2, -0.15) is 0 Å². The number of rotatable bonds is 3. The fourth-order valence-corrected chi connectivity index (χ4v) is 4.06. The largest absolute Gasteiger partial charge is 0.341 e. The molecule has 2 heterocycles. The molecule has 0 aromatic heterocycles. The van der Waals surface area contributed by atoms with Crippen molar-refractivity contribution in [3.63, 3.8) is 0 Å². The normalized spacial score (nSPS) is 27.6. The monoisotopic (exact) mass is 301 g/mol. The van der Waals surface area contributed by atoms with Gasteiger partial charge in [-0.3, -0.25) is 9.00 Å². The van der Waals surface area contributed by atoms with Crippen LogP contribution in [0.1, 0.15) is 26.2 Å². The molecule has 0 aromatic carbocycles. The maximum atomic E-state index is 12.2. The highest BCUT2D eigenvalue weighted by molar-refractivity contribution is 7.85. The molecule has 0 bridgehead atoms. The first-order chi connectivity index (χ1) is 9.60. The average molecular weight is 301 g/mol. The first-order valence-corrected chi connectivity index (χ1v) is 8.77. The third kappa shape index (κ3) is 3.94. The van der Waals surface area contributed by atoms with Gasteiger partial charge in [0.25, 0.3) is 0 Å². The Kier molecular flexibility index (Phi) is 5.39. The number of hydrogen-bond donors (Lipinski definition) is 1. The summed E-state index contributed by atoms with van der Waals surface area (Å²) in [4.78, 5) is 27.6. The van der Waals surface area contributed by atoms with E-state index in [1.807, 2.05) is 11.8 Å². The number of carbonyl (C=O) groups excluding carboxylic acids is 2. The minimum atomic E-state index is -0.802. The maximum Gasteiger partial charge on any atom is 0.318 e. The van der Waals surface area contributed by atoms with E-state index in [4.69, 9.17) is 0 Å². The van der Waals surface area contributed by atoms with Gasteiger partial charge in [-0.05, 0) is 19.3 Å². The number of nitrogens with one attached hydrogen (secondary N) is 1. The number of carbonyl (C=O) groups is 2. The van der Waals surface area contributed by atoms with Crippen LogP contribution in [0.5, 0.6) is 0 Å². The molecule has 0 saturated carbocycles. The van der Waals surface area contributed by atoms with Crippen LogP contribution in [0.15, 0.2) is 0 Å². The van der Waals surface area contributed by atoms with Gasteiger partial charge in [0.1, 0.15) is 6.54 Å². The molecule has 6 nitrogen and oxygen atoms in total. The van der Waals surface area contributed by atoms with Gasteiger partial charge in [0.05, 0.1) is 0 Å². The molecule has 20 heavy (non-hydrogen) atoms. The van der Waals surface area contributed by atoms with Gasteiger partial charge in [0, 0.05) is 48.0 Å². The lowest BCUT2D eigenvalue weighted by molar-refractivity contribution is -0.130. The van der Waals surface area contributed by atoms with Crippen molar-refractivity contribution in [2.45, 2.75) is 32.2 Å². The van der Waals surface area contributed by atoms with E-state index < -0.39 is 10.8 Å². The number of urea groups is 1.